The highest BCUT2D eigenvalue weighted by atomic mass is 16.5. The number of anilines is 1. The van der Waals surface area contributed by atoms with Gasteiger partial charge < -0.3 is 20.1 Å². The Morgan fingerprint density at radius 3 is 2.30 bits per heavy atom. The molecule has 2 N–H and O–H groups in total. The zero-order valence-corrected chi connectivity index (χ0v) is 13.4. The summed E-state index contributed by atoms with van der Waals surface area (Å²) in [6.07, 6.45) is 1.52. The van der Waals surface area contributed by atoms with E-state index >= 15 is 0 Å². The highest BCUT2D eigenvalue weighted by Crippen LogP contribution is 2.43. The van der Waals surface area contributed by atoms with Gasteiger partial charge in [0, 0.05) is 18.8 Å². The van der Waals surface area contributed by atoms with Crippen LogP contribution in [0.1, 0.15) is 30.1 Å². The molecule has 2 fully saturated rings. The average Bonchev–Trinajstić information content (AvgIpc) is 3.00. The standard InChI is InChI=1S/C17H22N2O4/c1-17(22)7-12-9-19(10-13(12)8-17)16(21)18-14-5-3-11(4-6-14)15(20)23-2/h3-6,12-13,22H,7-10H2,1-2H3,(H,18,21)/t12-,13+,17?. The minimum atomic E-state index is -0.582. The van der Waals surface area contributed by atoms with Crippen molar-refractivity contribution in [2.75, 3.05) is 25.5 Å². The predicted molar refractivity (Wildman–Crippen MR) is 85.2 cm³/mol. The van der Waals surface area contributed by atoms with Gasteiger partial charge in [0.25, 0.3) is 0 Å². The molecule has 1 aromatic carbocycles. The highest BCUT2D eigenvalue weighted by molar-refractivity contribution is 5.92. The molecule has 1 saturated heterocycles. The van der Waals surface area contributed by atoms with Gasteiger partial charge in [0.1, 0.15) is 0 Å². The second-order valence-electron chi connectivity index (χ2n) is 6.83. The first-order valence-corrected chi connectivity index (χ1v) is 7.85. The van der Waals surface area contributed by atoms with Crippen LogP contribution in [0.15, 0.2) is 24.3 Å². The number of rotatable bonds is 2. The number of hydrogen-bond acceptors (Lipinski definition) is 4. The van der Waals surface area contributed by atoms with E-state index in [-0.39, 0.29) is 6.03 Å². The van der Waals surface area contributed by atoms with Crippen LogP contribution in [0.25, 0.3) is 0 Å². The summed E-state index contributed by atoms with van der Waals surface area (Å²) in [5, 5.41) is 12.9. The molecule has 0 spiro atoms. The number of nitrogens with one attached hydrogen (secondary N) is 1. The number of urea groups is 1. The van der Waals surface area contributed by atoms with Gasteiger partial charge in [0.05, 0.1) is 18.3 Å². The SMILES string of the molecule is COC(=O)c1ccc(NC(=O)N2C[C@@H]3CC(C)(O)C[C@@H]3C2)cc1. The molecule has 3 rings (SSSR count). The molecule has 1 saturated carbocycles. The molecule has 1 heterocycles. The van der Waals surface area contributed by atoms with Gasteiger partial charge in [0.15, 0.2) is 0 Å². The van der Waals surface area contributed by atoms with Crippen LogP contribution in [0.4, 0.5) is 10.5 Å². The van der Waals surface area contributed by atoms with Crippen LogP contribution in [-0.2, 0) is 4.74 Å². The average molecular weight is 318 g/mol. The number of hydrogen-bond donors (Lipinski definition) is 2. The lowest BCUT2D eigenvalue weighted by atomic mass is 10.0. The van der Waals surface area contributed by atoms with Crippen LogP contribution in [0, 0.1) is 11.8 Å². The molecular weight excluding hydrogens is 296 g/mol. The predicted octanol–water partition coefficient (Wildman–Crippen LogP) is 2.10. The van der Waals surface area contributed by atoms with E-state index in [1.807, 2.05) is 6.92 Å². The second kappa shape index (κ2) is 5.85. The van der Waals surface area contributed by atoms with Crippen molar-refractivity contribution >= 4 is 17.7 Å². The lowest BCUT2D eigenvalue weighted by Gasteiger charge is -2.22. The minimum absolute atomic E-state index is 0.134. The third-order valence-corrected chi connectivity index (χ3v) is 4.82. The second-order valence-corrected chi connectivity index (χ2v) is 6.83. The summed E-state index contributed by atoms with van der Waals surface area (Å²) in [5.74, 6) is 0.372. The molecular formula is C17H22N2O4. The number of methoxy groups -OCH3 is 1. The maximum Gasteiger partial charge on any atom is 0.337 e. The summed E-state index contributed by atoms with van der Waals surface area (Å²) in [7, 11) is 1.33. The number of likely N-dealkylation sites (tertiary alicyclic amines) is 1. The number of carbonyl (C=O) groups excluding carboxylic acids is 2. The molecule has 1 aliphatic carbocycles. The summed E-state index contributed by atoms with van der Waals surface area (Å²) in [4.78, 5) is 25.5. The van der Waals surface area contributed by atoms with Gasteiger partial charge >= 0.3 is 12.0 Å². The Balaban J connectivity index is 1.57. The number of carbonyl (C=O) groups is 2. The third-order valence-electron chi connectivity index (χ3n) is 4.82. The number of amides is 2. The van der Waals surface area contributed by atoms with Crippen molar-refractivity contribution in [3.8, 4) is 0 Å². The van der Waals surface area contributed by atoms with Crippen molar-refractivity contribution in [1.82, 2.24) is 4.90 Å². The van der Waals surface area contributed by atoms with E-state index in [1.54, 1.807) is 29.2 Å². The molecule has 0 radical (unpaired) electrons. The van der Waals surface area contributed by atoms with Crippen LogP contribution >= 0.6 is 0 Å². The Bertz CT molecular complexity index is 596. The first-order chi connectivity index (χ1) is 10.9. The van der Waals surface area contributed by atoms with E-state index in [9.17, 15) is 14.7 Å². The van der Waals surface area contributed by atoms with Gasteiger partial charge in [-0.1, -0.05) is 0 Å². The van der Waals surface area contributed by atoms with Gasteiger partial charge in [-0.3, -0.25) is 0 Å². The van der Waals surface area contributed by atoms with Gasteiger partial charge in [-0.25, -0.2) is 9.59 Å². The topological polar surface area (TPSA) is 78.9 Å². The quantitative estimate of drug-likeness (QED) is 0.819. The smallest absolute Gasteiger partial charge is 0.337 e. The first kappa shape index (κ1) is 15.8. The van der Waals surface area contributed by atoms with Gasteiger partial charge in [-0.05, 0) is 55.9 Å². The van der Waals surface area contributed by atoms with Crippen LogP contribution in [0.3, 0.4) is 0 Å². The number of fused-ring (bicyclic) bond motifs is 1. The van der Waals surface area contributed by atoms with Gasteiger partial charge in [0.2, 0.25) is 0 Å². The number of aliphatic hydroxyl groups is 1. The molecule has 1 aromatic rings. The fraction of sp³-hybridized carbons (Fsp3) is 0.529. The zero-order valence-electron chi connectivity index (χ0n) is 13.4. The molecule has 23 heavy (non-hydrogen) atoms. The van der Waals surface area contributed by atoms with Gasteiger partial charge in [-0.2, -0.15) is 0 Å². The molecule has 6 heteroatoms. The number of benzene rings is 1. The van der Waals surface area contributed by atoms with Crippen molar-refractivity contribution < 1.29 is 19.4 Å². The third kappa shape index (κ3) is 3.32. The lowest BCUT2D eigenvalue weighted by molar-refractivity contribution is 0.0558. The Hall–Kier alpha value is -2.08. The fourth-order valence-electron chi connectivity index (χ4n) is 3.79. The van der Waals surface area contributed by atoms with E-state index in [2.05, 4.69) is 10.1 Å². The van der Waals surface area contributed by atoms with Crippen LogP contribution in [0.2, 0.25) is 0 Å². The fourth-order valence-corrected chi connectivity index (χ4v) is 3.79. The monoisotopic (exact) mass is 318 g/mol. The molecule has 0 bridgehead atoms. The minimum Gasteiger partial charge on any atom is -0.465 e. The van der Waals surface area contributed by atoms with Crippen molar-refractivity contribution in [2.24, 2.45) is 11.8 Å². The molecule has 3 atom stereocenters. The summed E-state index contributed by atoms with van der Waals surface area (Å²) in [6, 6.07) is 6.48. The maximum absolute atomic E-state index is 12.3. The van der Waals surface area contributed by atoms with E-state index in [0.717, 1.165) is 12.8 Å². The summed E-state index contributed by atoms with van der Waals surface area (Å²) >= 11 is 0. The van der Waals surface area contributed by atoms with Crippen molar-refractivity contribution in [2.45, 2.75) is 25.4 Å². The maximum atomic E-state index is 12.3. The highest BCUT2D eigenvalue weighted by Gasteiger charge is 2.46. The molecule has 2 amide bonds. The van der Waals surface area contributed by atoms with Crippen LogP contribution < -0.4 is 5.32 Å². The van der Waals surface area contributed by atoms with Crippen molar-refractivity contribution in [1.29, 1.82) is 0 Å². The number of ether oxygens (including phenoxy) is 1. The van der Waals surface area contributed by atoms with E-state index in [0.29, 0.717) is 36.2 Å². The number of esters is 1. The largest absolute Gasteiger partial charge is 0.465 e. The van der Waals surface area contributed by atoms with Crippen LogP contribution in [0.5, 0.6) is 0 Å². The molecule has 1 aliphatic heterocycles. The van der Waals surface area contributed by atoms with E-state index in [4.69, 9.17) is 0 Å². The zero-order chi connectivity index (χ0) is 16.6. The first-order valence-electron chi connectivity index (χ1n) is 7.85. The Kier molecular flexibility index (Phi) is 4.02. The summed E-state index contributed by atoms with van der Waals surface area (Å²) < 4.78 is 4.64. The van der Waals surface area contributed by atoms with E-state index < -0.39 is 11.6 Å². The molecule has 0 aromatic heterocycles. The normalized spacial score (nSPS) is 29.3. The number of nitrogens with zero attached hydrogens (tertiary/aromatic N) is 1. The van der Waals surface area contributed by atoms with E-state index in [1.165, 1.54) is 7.11 Å². The van der Waals surface area contributed by atoms with Crippen molar-refractivity contribution in [3.63, 3.8) is 0 Å². The summed E-state index contributed by atoms with van der Waals surface area (Å²) in [5.41, 5.74) is 0.511. The van der Waals surface area contributed by atoms with Crippen LogP contribution in [-0.4, -0.2) is 47.8 Å². The summed E-state index contributed by atoms with van der Waals surface area (Å²) in [6.45, 7) is 3.25. The van der Waals surface area contributed by atoms with Crippen molar-refractivity contribution in [3.05, 3.63) is 29.8 Å². The Morgan fingerprint density at radius 1 is 1.22 bits per heavy atom. The van der Waals surface area contributed by atoms with Gasteiger partial charge in [-0.15, -0.1) is 0 Å². The lowest BCUT2D eigenvalue weighted by Crippen LogP contribution is -2.35. The Labute approximate surface area is 135 Å². The molecule has 2 aliphatic rings. The molecule has 124 valence electrons. The molecule has 1 unspecified atom stereocenters. The molecule has 6 nitrogen and oxygen atoms in total. The Morgan fingerprint density at radius 2 is 1.78 bits per heavy atom.